The van der Waals surface area contributed by atoms with Crippen molar-refractivity contribution in [3.8, 4) is 0 Å². The number of hydrogen-bond acceptors (Lipinski definition) is 2. The summed E-state index contributed by atoms with van der Waals surface area (Å²) in [7, 11) is 3.67. The van der Waals surface area contributed by atoms with Gasteiger partial charge in [0.25, 0.3) is 0 Å². The molecule has 1 aliphatic carbocycles. The van der Waals surface area contributed by atoms with Crippen molar-refractivity contribution in [3.05, 3.63) is 35.4 Å². The van der Waals surface area contributed by atoms with Crippen molar-refractivity contribution in [2.75, 3.05) is 20.8 Å². The molecule has 3 nitrogen and oxygen atoms in total. The fraction of sp³-hybridized carbons (Fsp3) is 0.500. The molecule has 84 valence electrons. The van der Waals surface area contributed by atoms with E-state index >= 15 is 0 Å². The summed E-state index contributed by atoms with van der Waals surface area (Å²) in [4.78, 5) is 0. The zero-order valence-corrected chi connectivity index (χ0v) is 9.74. The number of fused-ring (bicyclic) bond motifs is 1. The molecule has 2 rings (SSSR count). The van der Waals surface area contributed by atoms with E-state index in [9.17, 15) is 0 Å². The molecule has 0 unspecified atom stereocenters. The minimum atomic E-state index is 0.347. The Bertz CT molecular complexity index is 279. The Morgan fingerprint density at radius 3 is 1.87 bits per heavy atom. The SMILES string of the molecule is C[N+](C)(N)CN.c1ccc2c(c1)CCC2. The second kappa shape index (κ2) is 5.26. The molecule has 0 aliphatic heterocycles. The zero-order chi connectivity index (χ0) is 11.3. The predicted octanol–water partition coefficient (Wildman–Crippen LogP) is 1.03. The average molecular weight is 208 g/mol. The van der Waals surface area contributed by atoms with Crippen LogP contribution in [-0.4, -0.2) is 25.4 Å². The van der Waals surface area contributed by atoms with E-state index in [0.717, 1.165) is 0 Å². The number of aryl methyl sites for hydroxylation is 2. The van der Waals surface area contributed by atoms with Crippen LogP contribution in [0.15, 0.2) is 24.3 Å². The first-order valence-electron chi connectivity index (χ1n) is 5.41. The van der Waals surface area contributed by atoms with Gasteiger partial charge in [0, 0.05) is 0 Å². The van der Waals surface area contributed by atoms with Crippen LogP contribution in [-0.2, 0) is 12.8 Å². The van der Waals surface area contributed by atoms with Crippen LogP contribution in [0.5, 0.6) is 0 Å². The highest BCUT2D eigenvalue weighted by Gasteiger charge is 2.07. The van der Waals surface area contributed by atoms with Crippen molar-refractivity contribution in [1.82, 2.24) is 0 Å². The van der Waals surface area contributed by atoms with Gasteiger partial charge in [-0.15, -0.1) is 0 Å². The van der Waals surface area contributed by atoms with E-state index in [-0.39, 0.29) is 0 Å². The first-order valence-corrected chi connectivity index (χ1v) is 5.41. The molecule has 0 fully saturated rings. The normalized spacial score (nSPS) is 14.1. The lowest BCUT2D eigenvalue weighted by Crippen LogP contribution is -2.50. The highest BCUT2D eigenvalue weighted by molar-refractivity contribution is 5.30. The third-order valence-electron chi connectivity index (χ3n) is 2.48. The standard InChI is InChI=1S/C9H10.C3H12N3/c1-2-5-9-7-3-6-8(9)4-1;1-6(2,5)3-4/h1-2,4-5H,3,6-7H2;3-5H2,1-2H3/q;+1. The molecule has 1 aromatic rings. The highest BCUT2D eigenvalue weighted by Crippen LogP contribution is 2.20. The summed E-state index contributed by atoms with van der Waals surface area (Å²) in [5, 5.41) is 0. The third-order valence-corrected chi connectivity index (χ3v) is 2.48. The van der Waals surface area contributed by atoms with Gasteiger partial charge < -0.3 is 0 Å². The van der Waals surface area contributed by atoms with Crippen LogP contribution in [0.4, 0.5) is 0 Å². The van der Waals surface area contributed by atoms with Crippen molar-refractivity contribution in [3.63, 3.8) is 0 Å². The number of nitrogens with zero attached hydrogens (tertiary/aromatic N) is 1. The van der Waals surface area contributed by atoms with Gasteiger partial charge in [0.1, 0.15) is 6.67 Å². The van der Waals surface area contributed by atoms with E-state index in [1.807, 2.05) is 14.1 Å². The first kappa shape index (κ1) is 12.2. The maximum absolute atomic E-state index is 5.35. The molecular formula is C12H22N3+. The Morgan fingerprint density at radius 1 is 1.13 bits per heavy atom. The van der Waals surface area contributed by atoms with Gasteiger partial charge in [-0.2, -0.15) is 5.84 Å². The second-order valence-corrected chi connectivity index (χ2v) is 4.58. The number of rotatable bonds is 1. The van der Waals surface area contributed by atoms with Gasteiger partial charge >= 0.3 is 0 Å². The highest BCUT2D eigenvalue weighted by atomic mass is 15.6. The molecular weight excluding hydrogens is 186 g/mol. The summed E-state index contributed by atoms with van der Waals surface area (Å²) in [5.74, 6) is 5.35. The van der Waals surface area contributed by atoms with Crippen LogP contribution in [0.25, 0.3) is 0 Å². The Kier molecular flexibility index (Phi) is 4.27. The van der Waals surface area contributed by atoms with Crippen molar-refractivity contribution >= 4 is 0 Å². The average Bonchev–Trinajstić information content (AvgIpc) is 2.65. The maximum atomic E-state index is 5.35. The minimum Gasteiger partial charge on any atom is -0.283 e. The monoisotopic (exact) mass is 208 g/mol. The molecule has 0 spiro atoms. The number of benzene rings is 1. The molecule has 4 N–H and O–H groups in total. The fourth-order valence-electron chi connectivity index (χ4n) is 1.51. The van der Waals surface area contributed by atoms with Crippen molar-refractivity contribution < 1.29 is 4.59 Å². The van der Waals surface area contributed by atoms with Gasteiger partial charge in [0.15, 0.2) is 0 Å². The maximum Gasteiger partial charge on any atom is 0.147 e. The lowest BCUT2D eigenvalue weighted by atomic mass is 10.1. The van der Waals surface area contributed by atoms with Gasteiger partial charge in [-0.1, -0.05) is 24.3 Å². The summed E-state index contributed by atoms with van der Waals surface area (Å²) in [6.07, 6.45) is 3.96. The van der Waals surface area contributed by atoms with E-state index in [1.54, 1.807) is 11.1 Å². The number of quaternary nitrogens is 1. The van der Waals surface area contributed by atoms with Crippen LogP contribution in [0.3, 0.4) is 0 Å². The summed E-state index contributed by atoms with van der Waals surface area (Å²) in [6, 6.07) is 8.74. The summed E-state index contributed by atoms with van der Waals surface area (Å²) in [5.41, 5.74) is 8.29. The molecule has 0 radical (unpaired) electrons. The van der Waals surface area contributed by atoms with Crippen molar-refractivity contribution in [2.24, 2.45) is 11.6 Å². The minimum absolute atomic E-state index is 0.347. The Balaban J connectivity index is 0.000000167. The molecule has 1 aromatic carbocycles. The molecule has 0 saturated heterocycles. The van der Waals surface area contributed by atoms with Crippen LogP contribution < -0.4 is 11.6 Å². The van der Waals surface area contributed by atoms with Gasteiger partial charge in [-0.3, -0.25) is 5.73 Å². The van der Waals surface area contributed by atoms with E-state index in [0.29, 0.717) is 11.3 Å². The largest absolute Gasteiger partial charge is 0.283 e. The molecule has 3 heteroatoms. The van der Waals surface area contributed by atoms with Crippen molar-refractivity contribution in [1.29, 1.82) is 0 Å². The van der Waals surface area contributed by atoms with E-state index in [4.69, 9.17) is 11.6 Å². The Labute approximate surface area is 92.2 Å². The smallest absolute Gasteiger partial charge is 0.147 e. The first-order chi connectivity index (χ1) is 7.03. The zero-order valence-electron chi connectivity index (χ0n) is 9.74. The summed E-state index contributed by atoms with van der Waals surface area (Å²) < 4.78 is 0.347. The molecule has 0 heterocycles. The van der Waals surface area contributed by atoms with Gasteiger partial charge in [-0.25, -0.2) is 4.59 Å². The number of hydrogen-bond donors (Lipinski definition) is 2. The molecule has 0 saturated carbocycles. The second-order valence-electron chi connectivity index (χ2n) is 4.58. The Morgan fingerprint density at radius 2 is 1.53 bits per heavy atom. The van der Waals surface area contributed by atoms with Gasteiger partial charge in [0.2, 0.25) is 0 Å². The molecule has 0 aromatic heterocycles. The van der Waals surface area contributed by atoms with Crippen LogP contribution >= 0.6 is 0 Å². The van der Waals surface area contributed by atoms with Crippen molar-refractivity contribution in [2.45, 2.75) is 19.3 Å². The third kappa shape index (κ3) is 4.42. The molecule has 0 amide bonds. The Hall–Kier alpha value is -0.900. The van der Waals surface area contributed by atoms with Crippen LogP contribution in [0.1, 0.15) is 17.5 Å². The van der Waals surface area contributed by atoms with Crippen LogP contribution in [0, 0.1) is 0 Å². The molecule has 0 bridgehead atoms. The number of nitrogens with two attached hydrogens (primary N) is 2. The lowest BCUT2D eigenvalue weighted by molar-refractivity contribution is -0.901. The quantitative estimate of drug-likeness (QED) is 0.313. The van der Waals surface area contributed by atoms with E-state index in [2.05, 4.69) is 24.3 Å². The molecule has 0 atom stereocenters. The summed E-state index contributed by atoms with van der Waals surface area (Å²) >= 11 is 0. The van der Waals surface area contributed by atoms with E-state index < -0.39 is 0 Å². The predicted molar refractivity (Wildman–Crippen MR) is 63.8 cm³/mol. The van der Waals surface area contributed by atoms with E-state index in [1.165, 1.54) is 19.3 Å². The molecule has 15 heavy (non-hydrogen) atoms. The van der Waals surface area contributed by atoms with Gasteiger partial charge in [-0.05, 0) is 30.4 Å². The molecule has 1 aliphatic rings. The van der Waals surface area contributed by atoms with Gasteiger partial charge in [0.05, 0.1) is 14.1 Å². The fourth-order valence-corrected chi connectivity index (χ4v) is 1.51. The topological polar surface area (TPSA) is 52.0 Å². The lowest BCUT2D eigenvalue weighted by Gasteiger charge is -2.18. The van der Waals surface area contributed by atoms with Crippen LogP contribution in [0.2, 0.25) is 0 Å². The summed E-state index contributed by atoms with van der Waals surface area (Å²) in [6.45, 7) is 0.486.